The fraction of sp³-hybridized carbons (Fsp3) is 0.333. The van der Waals surface area contributed by atoms with Gasteiger partial charge in [-0.15, -0.1) is 0 Å². The summed E-state index contributed by atoms with van der Waals surface area (Å²) in [7, 11) is -3.91. The van der Waals surface area contributed by atoms with Crippen LogP contribution in [0.5, 0.6) is 0 Å². The van der Waals surface area contributed by atoms with Crippen LogP contribution in [0, 0.1) is 0 Å². The van der Waals surface area contributed by atoms with Gasteiger partial charge in [-0.05, 0) is 19.1 Å². The number of fused-ring (bicyclic) bond motifs is 1. The molecule has 0 saturated carbocycles. The number of pyridine rings is 1. The lowest BCUT2D eigenvalue weighted by Gasteiger charge is -2.31. The molecular weight excluding hydrogens is 294 g/mol. The van der Waals surface area contributed by atoms with Crippen molar-refractivity contribution in [3.63, 3.8) is 0 Å². The second kappa shape index (κ2) is 4.71. The van der Waals surface area contributed by atoms with E-state index < -0.39 is 16.1 Å². The lowest BCUT2D eigenvalue weighted by Crippen LogP contribution is -2.55. The summed E-state index contributed by atoms with van der Waals surface area (Å²) in [6, 6.07) is 4.33. The van der Waals surface area contributed by atoms with Gasteiger partial charge in [0.25, 0.3) is 10.0 Å². The fourth-order valence-electron chi connectivity index (χ4n) is 2.45. The van der Waals surface area contributed by atoms with Gasteiger partial charge in [0.05, 0.1) is 0 Å². The van der Waals surface area contributed by atoms with Gasteiger partial charge in [-0.25, -0.2) is 13.4 Å². The van der Waals surface area contributed by atoms with Crippen LogP contribution in [0.3, 0.4) is 0 Å². The molecule has 112 valence electrons. The molecule has 0 spiro atoms. The quantitative estimate of drug-likeness (QED) is 0.771. The number of anilines is 1. The zero-order valence-electron chi connectivity index (χ0n) is 11.4. The van der Waals surface area contributed by atoms with E-state index in [1.165, 1.54) is 4.40 Å². The van der Waals surface area contributed by atoms with Gasteiger partial charge >= 0.3 is 0 Å². The summed E-state index contributed by atoms with van der Waals surface area (Å²) in [5.41, 5.74) is 6.23. The van der Waals surface area contributed by atoms with E-state index in [-0.39, 0.29) is 29.8 Å². The highest BCUT2D eigenvalue weighted by Gasteiger charge is 2.38. The van der Waals surface area contributed by atoms with Gasteiger partial charge in [-0.1, -0.05) is 6.07 Å². The second-order valence-electron chi connectivity index (χ2n) is 4.81. The third-order valence-corrected chi connectivity index (χ3v) is 5.52. The van der Waals surface area contributed by atoms with Crippen LogP contribution in [0.4, 0.5) is 5.82 Å². The summed E-state index contributed by atoms with van der Waals surface area (Å²) in [6.07, 6.45) is 1.58. The molecule has 3 N–H and O–H groups in total. The van der Waals surface area contributed by atoms with E-state index in [1.807, 2.05) is 0 Å². The van der Waals surface area contributed by atoms with E-state index in [9.17, 15) is 13.2 Å². The lowest BCUT2D eigenvalue weighted by atomic mass is 10.2. The maximum atomic E-state index is 12.8. The maximum absolute atomic E-state index is 12.8. The number of nitrogen functional groups attached to an aromatic ring is 1. The number of nitrogens with one attached hydrogen (secondary N) is 1. The van der Waals surface area contributed by atoms with Crippen molar-refractivity contribution < 1.29 is 13.2 Å². The third kappa shape index (κ3) is 2.05. The Kier molecular flexibility index (Phi) is 3.10. The zero-order valence-corrected chi connectivity index (χ0v) is 12.2. The minimum absolute atomic E-state index is 0.0700. The number of sulfonamides is 1. The Balaban J connectivity index is 2.16. The lowest BCUT2D eigenvalue weighted by molar-refractivity contribution is -0.126. The Bertz CT molecular complexity index is 813. The van der Waals surface area contributed by atoms with Gasteiger partial charge in [0, 0.05) is 19.3 Å². The molecule has 3 heterocycles. The molecule has 8 nitrogen and oxygen atoms in total. The molecule has 1 unspecified atom stereocenters. The average Bonchev–Trinajstić information content (AvgIpc) is 2.78. The molecule has 21 heavy (non-hydrogen) atoms. The molecule has 1 amide bonds. The molecule has 1 saturated heterocycles. The Hall–Kier alpha value is -2.13. The smallest absolute Gasteiger partial charge is 0.263 e. The Morgan fingerprint density at radius 1 is 1.43 bits per heavy atom. The summed E-state index contributed by atoms with van der Waals surface area (Å²) >= 11 is 0. The number of rotatable bonds is 2. The monoisotopic (exact) mass is 309 g/mol. The first-order valence-corrected chi connectivity index (χ1v) is 7.89. The SMILES string of the molecule is CC1C(=O)NCCN1S(=O)(=O)c1c(N)nc2ccccn12. The minimum atomic E-state index is -3.91. The predicted octanol–water partition coefficient (Wildman–Crippen LogP) is -0.574. The summed E-state index contributed by atoms with van der Waals surface area (Å²) in [6.45, 7) is 2.03. The highest BCUT2D eigenvalue weighted by molar-refractivity contribution is 7.89. The maximum Gasteiger partial charge on any atom is 0.263 e. The number of amides is 1. The van der Waals surface area contributed by atoms with Crippen LogP contribution >= 0.6 is 0 Å². The first kappa shape index (κ1) is 13.8. The number of nitrogens with zero attached hydrogens (tertiary/aromatic N) is 3. The average molecular weight is 309 g/mol. The van der Waals surface area contributed by atoms with Crippen LogP contribution in [0.25, 0.3) is 5.65 Å². The van der Waals surface area contributed by atoms with Gasteiger partial charge in [0.15, 0.2) is 10.8 Å². The highest BCUT2D eigenvalue weighted by atomic mass is 32.2. The highest BCUT2D eigenvalue weighted by Crippen LogP contribution is 2.25. The van der Waals surface area contributed by atoms with Crippen molar-refractivity contribution in [1.82, 2.24) is 19.0 Å². The zero-order chi connectivity index (χ0) is 15.2. The molecule has 2 aromatic heterocycles. The van der Waals surface area contributed by atoms with Gasteiger partial charge < -0.3 is 11.1 Å². The van der Waals surface area contributed by atoms with Crippen molar-refractivity contribution in [2.45, 2.75) is 18.0 Å². The van der Waals surface area contributed by atoms with Gasteiger partial charge in [-0.3, -0.25) is 9.20 Å². The largest absolute Gasteiger partial charge is 0.381 e. The normalized spacial score (nSPS) is 20.6. The fourth-order valence-corrected chi connectivity index (χ4v) is 4.23. The number of imidazole rings is 1. The van der Waals surface area contributed by atoms with Crippen molar-refractivity contribution in [1.29, 1.82) is 0 Å². The summed E-state index contributed by atoms with van der Waals surface area (Å²) in [5.74, 6) is -0.392. The predicted molar refractivity (Wildman–Crippen MR) is 76.0 cm³/mol. The van der Waals surface area contributed by atoms with Crippen LogP contribution < -0.4 is 11.1 Å². The number of hydrogen-bond acceptors (Lipinski definition) is 5. The van der Waals surface area contributed by atoms with Gasteiger partial charge in [0.2, 0.25) is 5.91 Å². The van der Waals surface area contributed by atoms with Crippen LogP contribution in [0.2, 0.25) is 0 Å². The van der Waals surface area contributed by atoms with Gasteiger partial charge in [-0.2, -0.15) is 4.31 Å². The molecule has 0 aromatic carbocycles. The number of piperazine rings is 1. The standard InChI is InChI=1S/C12H15N5O3S/c1-8-11(18)14-5-7-17(8)21(19,20)12-10(13)15-9-4-2-3-6-16(9)12/h2-4,6,8H,5,7,13H2,1H3,(H,14,18). The van der Waals surface area contributed by atoms with Crippen LogP contribution in [0.15, 0.2) is 29.4 Å². The summed E-state index contributed by atoms with van der Waals surface area (Å²) in [5, 5.41) is 2.53. The molecule has 0 bridgehead atoms. The minimum Gasteiger partial charge on any atom is -0.381 e. The van der Waals surface area contributed by atoms with E-state index in [2.05, 4.69) is 10.3 Å². The van der Waals surface area contributed by atoms with E-state index in [0.29, 0.717) is 5.65 Å². The van der Waals surface area contributed by atoms with Crippen molar-refractivity contribution >= 4 is 27.4 Å². The molecular formula is C12H15N5O3S. The molecule has 1 fully saturated rings. The van der Waals surface area contributed by atoms with E-state index in [4.69, 9.17) is 5.73 Å². The molecule has 3 rings (SSSR count). The van der Waals surface area contributed by atoms with Crippen LogP contribution in [-0.2, 0) is 14.8 Å². The number of aromatic nitrogens is 2. The molecule has 0 radical (unpaired) electrons. The van der Waals surface area contributed by atoms with Gasteiger partial charge in [0.1, 0.15) is 11.7 Å². The van der Waals surface area contributed by atoms with E-state index in [1.54, 1.807) is 31.3 Å². The van der Waals surface area contributed by atoms with Crippen molar-refractivity contribution in [2.24, 2.45) is 0 Å². The molecule has 2 aromatic rings. The van der Waals surface area contributed by atoms with Crippen molar-refractivity contribution in [2.75, 3.05) is 18.8 Å². The van der Waals surface area contributed by atoms with Crippen molar-refractivity contribution in [3.05, 3.63) is 24.4 Å². The number of carbonyl (C=O) groups is 1. The number of hydrogen-bond donors (Lipinski definition) is 2. The molecule has 1 aliphatic rings. The Morgan fingerprint density at radius 3 is 2.95 bits per heavy atom. The van der Waals surface area contributed by atoms with E-state index >= 15 is 0 Å². The molecule has 9 heteroatoms. The topological polar surface area (TPSA) is 110 Å². The molecule has 1 atom stereocenters. The Labute approximate surface area is 121 Å². The third-order valence-electron chi connectivity index (χ3n) is 3.51. The second-order valence-corrected chi connectivity index (χ2v) is 6.62. The molecule has 1 aliphatic heterocycles. The van der Waals surface area contributed by atoms with E-state index in [0.717, 1.165) is 4.31 Å². The van der Waals surface area contributed by atoms with Crippen molar-refractivity contribution in [3.8, 4) is 0 Å². The Morgan fingerprint density at radius 2 is 2.19 bits per heavy atom. The first-order chi connectivity index (χ1) is 9.93. The van der Waals surface area contributed by atoms with Crippen LogP contribution in [0.1, 0.15) is 6.92 Å². The summed E-state index contributed by atoms with van der Waals surface area (Å²) in [4.78, 5) is 15.8. The number of nitrogens with two attached hydrogens (primary N) is 1. The molecule has 0 aliphatic carbocycles. The first-order valence-electron chi connectivity index (χ1n) is 6.45. The summed E-state index contributed by atoms with van der Waals surface area (Å²) < 4.78 is 28.3. The number of carbonyl (C=O) groups excluding carboxylic acids is 1. The van der Waals surface area contributed by atoms with Crippen LogP contribution in [-0.4, -0.2) is 47.1 Å².